The number of phenols is 1. The Morgan fingerprint density at radius 1 is 1.21 bits per heavy atom. The number of hydrogen-bond acceptors (Lipinski definition) is 3. The summed E-state index contributed by atoms with van der Waals surface area (Å²) in [6.07, 6.45) is 0. The Morgan fingerprint density at radius 3 is 2.57 bits per heavy atom. The normalized spacial score (nSPS) is 12.8. The minimum Gasteiger partial charge on any atom is -0.504 e. The first-order chi connectivity index (χ1) is 6.77. The van der Waals surface area contributed by atoms with Crippen molar-refractivity contribution in [2.75, 3.05) is 13.2 Å². The fourth-order valence-corrected chi connectivity index (χ4v) is 1.53. The lowest BCUT2D eigenvalue weighted by molar-refractivity contribution is 0.165. The van der Waals surface area contributed by atoms with E-state index in [2.05, 4.69) is 15.9 Å². The van der Waals surface area contributed by atoms with Gasteiger partial charge in [-0.1, -0.05) is 29.8 Å². The third kappa shape index (κ3) is 2.32. The van der Waals surface area contributed by atoms with Crippen molar-refractivity contribution < 1.29 is 14.6 Å². The molecule has 0 atom stereocenters. The second-order valence-electron chi connectivity index (χ2n) is 2.45. The van der Waals surface area contributed by atoms with E-state index in [0.29, 0.717) is 24.7 Å². The van der Waals surface area contributed by atoms with Gasteiger partial charge in [-0.3, -0.25) is 0 Å². The molecule has 0 bridgehead atoms. The van der Waals surface area contributed by atoms with Crippen LogP contribution in [-0.2, 0) is 0 Å². The fraction of sp³-hybridized carbons (Fsp3) is 0.400. The predicted molar refractivity (Wildman–Crippen MR) is 58.1 cm³/mol. The number of phenolic OH excluding ortho intramolecular Hbond substituents is 1. The van der Waals surface area contributed by atoms with Crippen molar-refractivity contribution in [3.05, 3.63) is 16.6 Å². The van der Waals surface area contributed by atoms with Crippen molar-refractivity contribution in [3.8, 4) is 17.2 Å². The second-order valence-corrected chi connectivity index (χ2v) is 3.36. The van der Waals surface area contributed by atoms with Crippen molar-refractivity contribution in [2.45, 2.75) is 13.8 Å². The summed E-state index contributed by atoms with van der Waals surface area (Å²) in [7, 11) is 0. The molecule has 78 valence electrons. The van der Waals surface area contributed by atoms with E-state index in [0.717, 1.165) is 4.47 Å². The van der Waals surface area contributed by atoms with Crippen LogP contribution in [0.25, 0.3) is 0 Å². The van der Waals surface area contributed by atoms with Gasteiger partial charge in [0.1, 0.15) is 13.2 Å². The lowest BCUT2D eigenvalue weighted by atomic mass is 10.3. The molecule has 0 aromatic heterocycles. The van der Waals surface area contributed by atoms with Gasteiger partial charge in [-0.15, -0.1) is 0 Å². The number of benzene rings is 1. The molecule has 0 unspecified atom stereocenters. The van der Waals surface area contributed by atoms with Crippen LogP contribution in [0, 0.1) is 0 Å². The summed E-state index contributed by atoms with van der Waals surface area (Å²) in [5.41, 5.74) is 0. The molecule has 1 aliphatic rings. The van der Waals surface area contributed by atoms with Gasteiger partial charge in [-0.2, -0.15) is 0 Å². The molecule has 1 N–H and O–H groups in total. The summed E-state index contributed by atoms with van der Waals surface area (Å²) >= 11 is 3.25. The van der Waals surface area contributed by atoms with Crippen molar-refractivity contribution in [1.29, 1.82) is 0 Å². The van der Waals surface area contributed by atoms with Gasteiger partial charge in [0.15, 0.2) is 11.5 Å². The Morgan fingerprint density at radius 2 is 1.86 bits per heavy atom. The molecule has 4 heteroatoms. The van der Waals surface area contributed by atoms with Crippen LogP contribution >= 0.6 is 15.9 Å². The lowest BCUT2D eigenvalue weighted by Gasteiger charge is -2.19. The maximum absolute atomic E-state index is 9.40. The maximum atomic E-state index is 9.40. The smallest absolute Gasteiger partial charge is 0.203 e. The molecule has 0 saturated carbocycles. The van der Waals surface area contributed by atoms with Gasteiger partial charge in [-0.25, -0.2) is 0 Å². The predicted octanol–water partition coefficient (Wildman–Crippen LogP) is 2.95. The highest BCUT2D eigenvalue weighted by Gasteiger charge is 2.16. The van der Waals surface area contributed by atoms with Gasteiger partial charge in [0.25, 0.3) is 0 Å². The fourth-order valence-electron chi connectivity index (χ4n) is 1.10. The van der Waals surface area contributed by atoms with E-state index in [-0.39, 0.29) is 5.75 Å². The SMILES string of the molecule is CC.Oc1cc(Br)cc2c1OCCO2. The van der Waals surface area contributed by atoms with Gasteiger partial charge in [0.05, 0.1) is 0 Å². The van der Waals surface area contributed by atoms with E-state index < -0.39 is 0 Å². The second kappa shape index (κ2) is 5.10. The van der Waals surface area contributed by atoms with Gasteiger partial charge in [-0.05, 0) is 12.1 Å². The van der Waals surface area contributed by atoms with E-state index in [4.69, 9.17) is 9.47 Å². The standard InChI is InChI=1S/C8H7BrO3.C2H6/c9-5-3-6(10)8-7(4-5)11-1-2-12-8;1-2/h3-4,10H,1-2H2;1-2H3. The van der Waals surface area contributed by atoms with Crippen LogP contribution in [0.5, 0.6) is 17.2 Å². The number of hydrogen-bond donors (Lipinski definition) is 1. The zero-order valence-electron chi connectivity index (χ0n) is 8.21. The number of halogens is 1. The number of rotatable bonds is 0. The minimum atomic E-state index is 0.110. The topological polar surface area (TPSA) is 38.7 Å². The van der Waals surface area contributed by atoms with Crippen LogP contribution in [0.2, 0.25) is 0 Å². The summed E-state index contributed by atoms with van der Waals surface area (Å²) in [4.78, 5) is 0. The van der Waals surface area contributed by atoms with Crippen molar-refractivity contribution >= 4 is 15.9 Å². The molecule has 3 nitrogen and oxygen atoms in total. The first-order valence-electron chi connectivity index (χ1n) is 4.55. The molecular weight excluding hydrogens is 248 g/mol. The molecule has 1 aliphatic heterocycles. The van der Waals surface area contributed by atoms with Gasteiger partial charge >= 0.3 is 0 Å². The van der Waals surface area contributed by atoms with Gasteiger partial charge in [0.2, 0.25) is 5.75 Å². The average molecular weight is 261 g/mol. The highest BCUT2D eigenvalue weighted by molar-refractivity contribution is 9.10. The molecule has 2 rings (SSSR count). The molecular formula is C10H13BrO3. The quantitative estimate of drug-likeness (QED) is 0.780. The average Bonchev–Trinajstić information content (AvgIpc) is 2.20. The Bertz CT molecular complexity index is 312. The lowest BCUT2D eigenvalue weighted by Crippen LogP contribution is -2.15. The largest absolute Gasteiger partial charge is 0.504 e. The maximum Gasteiger partial charge on any atom is 0.203 e. The summed E-state index contributed by atoms with van der Waals surface area (Å²) in [6.45, 7) is 5.02. The Labute approximate surface area is 91.8 Å². The van der Waals surface area contributed by atoms with E-state index in [1.165, 1.54) is 0 Å². The first kappa shape index (κ1) is 11.2. The van der Waals surface area contributed by atoms with Crippen molar-refractivity contribution in [3.63, 3.8) is 0 Å². The Kier molecular flexibility index (Phi) is 4.07. The van der Waals surface area contributed by atoms with E-state index in [9.17, 15) is 5.11 Å². The Hall–Kier alpha value is -0.900. The van der Waals surface area contributed by atoms with Crippen molar-refractivity contribution in [2.24, 2.45) is 0 Å². The van der Waals surface area contributed by atoms with Crippen LogP contribution in [0.3, 0.4) is 0 Å². The monoisotopic (exact) mass is 260 g/mol. The highest BCUT2D eigenvalue weighted by atomic mass is 79.9. The number of ether oxygens (including phenoxy) is 2. The van der Waals surface area contributed by atoms with E-state index in [1.54, 1.807) is 12.1 Å². The summed E-state index contributed by atoms with van der Waals surface area (Å²) in [6, 6.07) is 3.35. The van der Waals surface area contributed by atoms with Crippen molar-refractivity contribution in [1.82, 2.24) is 0 Å². The van der Waals surface area contributed by atoms with Crippen LogP contribution in [-0.4, -0.2) is 18.3 Å². The van der Waals surface area contributed by atoms with E-state index in [1.807, 2.05) is 13.8 Å². The van der Waals surface area contributed by atoms with Gasteiger partial charge in [0, 0.05) is 4.47 Å². The van der Waals surface area contributed by atoms with E-state index >= 15 is 0 Å². The third-order valence-electron chi connectivity index (χ3n) is 1.59. The zero-order valence-corrected chi connectivity index (χ0v) is 9.80. The number of aromatic hydroxyl groups is 1. The molecule has 1 heterocycles. The molecule has 14 heavy (non-hydrogen) atoms. The van der Waals surface area contributed by atoms with Crippen LogP contribution in [0.1, 0.15) is 13.8 Å². The Balaban J connectivity index is 0.000000461. The molecule has 0 aliphatic carbocycles. The van der Waals surface area contributed by atoms with Crippen LogP contribution < -0.4 is 9.47 Å². The molecule has 0 fully saturated rings. The van der Waals surface area contributed by atoms with Crippen LogP contribution in [0.4, 0.5) is 0 Å². The number of fused-ring (bicyclic) bond motifs is 1. The highest BCUT2D eigenvalue weighted by Crippen LogP contribution is 2.40. The first-order valence-corrected chi connectivity index (χ1v) is 5.35. The molecule has 1 aromatic rings. The van der Waals surface area contributed by atoms with Gasteiger partial charge < -0.3 is 14.6 Å². The molecule has 0 saturated heterocycles. The summed E-state index contributed by atoms with van der Waals surface area (Å²) in [5.74, 6) is 1.14. The molecule has 0 radical (unpaired) electrons. The molecule has 1 aromatic carbocycles. The third-order valence-corrected chi connectivity index (χ3v) is 2.05. The minimum absolute atomic E-state index is 0.110. The molecule has 0 spiro atoms. The van der Waals surface area contributed by atoms with Crippen LogP contribution in [0.15, 0.2) is 16.6 Å². The summed E-state index contributed by atoms with van der Waals surface area (Å²) in [5, 5.41) is 9.40. The summed E-state index contributed by atoms with van der Waals surface area (Å²) < 4.78 is 11.3. The zero-order chi connectivity index (χ0) is 10.6. The molecule has 0 amide bonds.